The zero-order chi connectivity index (χ0) is 48.9. The summed E-state index contributed by atoms with van der Waals surface area (Å²) < 4.78 is 99.8. The standard InChI is InChI=1S/C46H80NO8P/c1-6-8-10-12-14-16-18-20-21-22-23-24-25-27-29-31-33-35-37-39-46(49)55-44(43-54-56(50,51)53-41-40-47(3,4)5)42-52-45(48)38-36-34-32-30-28-26-19-17-15-13-11-9-7-2/h8,10,14,16,20-21,23-24,27,29,33,35,44H,6-7,9,11-13,15,17-19,22,25-26,28,30-32,34,36-43H2,1-5H3/b10-8-,16-14-,21-20-,24-23-,29-27-,35-33-/t44-/m1/s1/i3D3,4D3,5D3. The number of carbonyl (C=O) groups excluding carboxylic acids is 2. The molecular weight excluding hydrogens is 725 g/mol. The predicted octanol–water partition coefficient (Wildman–Crippen LogP) is 11.6. The van der Waals surface area contributed by atoms with E-state index in [0.717, 1.165) is 57.8 Å². The molecule has 0 aromatic heterocycles. The molecule has 0 aliphatic carbocycles. The van der Waals surface area contributed by atoms with Gasteiger partial charge in [0.2, 0.25) is 0 Å². The molecule has 0 fully saturated rings. The summed E-state index contributed by atoms with van der Waals surface area (Å²) in [5.74, 6) is -1.29. The molecule has 0 amide bonds. The molecule has 0 aromatic carbocycles. The van der Waals surface area contributed by atoms with Crippen molar-refractivity contribution in [3.63, 3.8) is 0 Å². The summed E-state index contributed by atoms with van der Waals surface area (Å²) in [6.45, 7) is -10.3. The van der Waals surface area contributed by atoms with Gasteiger partial charge in [0.05, 0.1) is 39.9 Å². The number of phosphoric acid groups is 1. The van der Waals surface area contributed by atoms with Crippen molar-refractivity contribution in [2.45, 2.75) is 161 Å². The number of ether oxygens (including phenoxy) is 2. The molecule has 0 aliphatic heterocycles. The van der Waals surface area contributed by atoms with Gasteiger partial charge in [-0.05, 0) is 51.4 Å². The summed E-state index contributed by atoms with van der Waals surface area (Å²) >= 11 is 0. The van der Waals surface area contributed by atoms with Crippen LogP contribution in [0, 0.1) is 0 Å². The summed E-state index contributed by atoms with van der Waals surface area (Å²) in [7, 11) is -5.35. The van der Waals surface area contributed by atoms with Crippen LogP contribution in [0.5, 0.6) is 0 Å². The van der Waals surface area contributed by atoms with E-state index in [0.29, 0.717) is 19.3 Å². The summed E-state index contributed by atoms with van der Waals surface area (Å²) in [5.41, 5.74) is 0. The second-order valence-electron chi connectivity index (χ2n) is 13.9. The Morgan fingerprint density at radius 1 is 0.607 bits per heavy atom. The number of hydrogen-bond acceptors (Lipinski definition) is 8. The van der Waals surface area contributed by atoms with Crippen LogP contribution in [0.1, 0.15) is 167 Å². The molecule has 0 bridgehead atoms. The van der Waals surface area contributed by atoms with Gasteiger partial charge in [0.25, 0.3) is 7.82 Å². The molecular formula is C46H80NO8P. The number of rotatable bonds is 38. The maximum Gasteiger partial charge on any atom is 0.306 e. The van der Waals surface area contributed by atoms with Crippen LogP contribution >= 0.6 is 7.82 Å². The van der Waals surface area contributed by atoms with Gasteiger partial charge in [-0.3, -0.25) is 14.2 Å². The minimum atomic E-state index is -5.35. The average Bonchev–Trinajstić information content (AvgIpc) is 3.21. The van der Waals surface area contributed by atoms with Crippen LogP contribution in [0.2, 0.25) is 0 Å². The van der Waals surface area contributed by atoms with Crippen molar-refractivity contribution in [1.29, 1.82) is 0 Å². The fourth-order valence-corrected chi connectivity index (χ4v) is 5.98. The Kier molecular flexibility index (Phi) is 26.4. The Balaban J connectivity index is 5.09. The third-order valence-electron chi connectivity index (χ3n) is 8.42. The molecule has 56 heavy (non-hydrogen) atoms. The Morgan fingerprint density at radius 3 is 1.55 bits per heavy atom. The zero-order valence-electron chi connectivity index (χ0n) is 43.6. The van der Waals surface area contributed by atoms with Crippen LogP contribution in [-0.2, 0) is 32.7 Å². The summed E-state index contributed by atoms with van der Waals surface area (Å²) in [5, 5.41) is 0. The van der Waals surface area contributed by atoms with Crippen molar-refractivity contribution >= 4 is 19.8 Å². The maximum atomic E-state index is 12.8. The first kappa shape index (κ1) is 38.9. The van der Waals surface area contributed by atoms with Gasteiger partial charge < -0.3 is 27.9 Å². The van der Waals surface area contributed by atoms with Gasteiger partial charge >= 0.3 is 11.9 Å². The molecule has 0 aromatic rings. The summed E-state index contributed by atoms with van der Waals surface area (Å²) in [4.78, 5) is 38.0. The van der Waals surface area contributed by atoms with E-state index in [4.69, 9.17) is 30.9 Å². The second-order valence-corrected chi connectivity index (χ2v) is 15.3. The molecule has 0 radical (unpaired) electrons. The Hall–Kier alpha value is -2.55. The topological polar surface area (TPSA) is 111 Å². The largest absolute Gasteiger partial charge is 0.756 e. The van der Waals surface area contributed by atoms with E-state index >= 15 is 0 Å². The third-order valence-corrected chi connectivity index (χ3v) is 9.38. The fraction of sp³-hybridized carbons (Fsp3) is 0.696. The molecule has 10 heteroatoms. The number of hydrogen-bond donors (Lipinski definition) is 0. The van der Waals surface area contributed by atoms with Gasteiger partial charge in [-0.1, -0.05) is 164 Å². The number of likely N-dealkylation sites (N-methyl/N-ethyl adjacent to an activating group) is 1. The fourth-order valence-electron chi connectivity index (χ4n) is 5.25. The number of nitrogens with zero attached hydrogens (tertiary/aromatic N) is 1. The lowest BCUT2D eigenvalue weighted by molar-refractivity contribution is -0.870. The minimum absolute atomic E-state index is 0.0729. The van der Waals surface area contributed by atoms with E-state index in [1.165, 1.54) is 51.4 Å². The first-order valence-electron chi connectivity index (χ1n) is 25.5. The number of unbranched alkanes of at least 4 members (excludes halogenated alkanes) is 12. The lowest BCUT2D eigenvalue weighted by Crippen LogP contribution is -2.37. The lowest BCUT2D eigenvalue weighted by Gasteiger charge is -2.28. The first-order chi connectivity index (χ1) is 30.7. The Morgan fingerprint density at radius 2 is 1.07 bits per heavy atom. The van der Waals surface area contributed by atoms with Crippen molar-refractivity contribution < 1.29 is 54.4 Å². The smallest absolute Gasteiger partial charge is 0.306 e. The summed E-state index contributed by atoms with van der Waals surface area (Å²) in [6, 6.07) is 0. The average molecular weight is 815 g/mol. The number of phosphoric ester groups is 1. The molecule has 0 spiro atoms. The van der Waals surface area contributed by atoms with E-state index in [9.17, 15) is 19.0 Å². The molecule has 9 nitrogen and oxygen atoms in total. The molecule has 0 rings (SSSR count). The third kappa shape index (κ3) is 41.1. The van der Waals surface area contributed by atoms with Gasteiger partial charge in [0, 0.05) is 12.8 Å². The number of esters is 2. The van der Waals surface area contributed by atoms with Gasteiger partial charge in [-0.2, -0.15) is 0 Å². The monoisotopic (exact) mass is 815 g/mol. The predicted molar refractivity (Wildman–Crippen MR) is 231 cm³/mol. The summed E-state index contributed by atoms with van der Waals surface area (Å²) in [6.07, 6.45) is 43.9. The van der Waals surface area contributed by atoms with E-state index < -0.39 is 77.6 Å². The molecule has 0 aliphatic rings. The molecule has 0 N–H and O–H groups in total. The maximum absolute atomic E-state index is 12.8. The van der Waals surface area contributed by atoms with Crippen molar-refractivity contribution in [3.8, 4) is 0 Å². The van der Waals surface area contributed by atoms with Crippen molar-refractivity contribution in [3.05, 3.63) is 72.9 Å². The van der Waals surface area contributed by atoms with Crippen molar-refractivity contribution in [1.82, 2.24) is 0 Å². The molecule has 0 saturated heterocycles. The van der Waals surface area contributed by atoms with Gasteiger partial charge in [0.1, 0.15) is 19.8 Å². The van der Waals surface area contributed by atoms with Crippen LogP contribution in [0.4, 0.5) is 0 Å². The van der Waals surface area contributed by atoms with Crippen LogP contribution in [0.25, 0.3) is 0 Å². The van der Waals surface area contributed by atoms with E-state index in [1.54, 1.807) is 6.08 Å². The van der Waals surface area contributed by atoms with E-state index in [1.807, 2.05) is 18.2 Å². The first-order valence-corrected chi connectivity index (χ1v) is 22.4. The molecule has 0 heterocycles. The molecule has 1 unspecified atom stereocenters. The highest BCUT2D eigenvalue weighted by Crippen LogP contribution is 2.38. The quantitative estimate of drug-likeness (QED) is 0.0199. The molecule has 322 valence electrons. The van der Waals surface area contributed by atoms with Crippen molar-refractivity contribution in [2.24, 2.45) is 0 Å². The van der Waals surface area contributed by atoms with Gasteiger partial charge in [-0.15, -0.1) is 0 Å². The highest BCUT2D eigenvalue weighted by molar-refractivity contribution is 7.45. The van der Waals surface area contributed by atoms with Crippen LogP contribution in [0.15, 0.2) is 72.9 Å². The minimum Gasteiger partial charge on any atom is -0.756 e. The molecule has 0 saturated carbocycles. The van der Waals surface area contributed by atoms with E-state index in [2.05, 4.69) is 62.5 Å². The highest BCUT2D eigenvalue weighted by Gasteiger charge is 2.21. The lowest BCUT2D eigenvalue weighted by atomic mass is 10.0. The second kappa shape index (κ2) is 38.0. The van der Waals surface area contributed by atoms with Crippen molar-refractivity contribution in [2.75, 3.05) is 47.3 Å². The number of quaternary nitrogens is 1. The number of allylic oxidation sites excluding steroid dienone is 12. The van der Waals surface area contributed by atoms with Gasteiger partial charge in [0.15, 0.2) is 6.10 Å². The SMILES string of the molecule is [2H]C([2H])([2H])[N+](CCOP(=O)([O-])OC[C@@H](COC(=O)CCCCCCCCCCCCCCC)OC(=O)CC/C=C\C/C=C\C/C=C\C/C=C\C/C=C\C/C=C\CC)(C([2H])([2H])[2H])C([2H])([2H])[2H]. The highest BCUT2D eigenvalue weighted by atomic mass is 31.2. The van der Waals surface area contributed by atoms with Crippen LogP contribution < -0.4 is 4.89 Å². The Labute approximate surface area is 355 Å². The molecule has 2 atom stereocenters. The van der Waals surface area contributed by atoms with Gasteiger partial charge in [-0.25, -0.2) is 0 Å². The Bertz CT molecular complexity index is 1460. The zero-order valence-corrected chi connectivity index (χ0v) is 35.4. The van der Waals surface area contributed by atoms with E-state index in [-0.39, 0.29) is 12.8 Å². The number of carbonyl (C=O) groups is 2. The van der Waals surface area contributed by atoms with Crippen LogP contribution in [-0.4, -0.2) is 69.8 Å². The van der Waals surface area contributed by atoms with Crippen LogP contribution in [0.3, 0.4) is 0 Å². The normalized spacial score (nSPS) is 17.4.